The van der Waals surface area contributed by atoms with Crippen LogP contribution in [-0.4, -0.2) is 57.7 Å². The van der Waals surface area contributed by atoms with E-state index in [0.29, 0.717) is 49.4 Å². The number of anilines is 1. The van der Waals surface area contributed by atoms with Gasteiger partial charge in [0.25, 0.3) is 5.91 Å². The maximum Gasteiger partial charge on any atom is 0.264 e. The van der Waals surface area contributed by atoms with Crippen molar-refractivity contribution in [2.45, 2.75) is 88.9 Å². The normalized spacial score (nSPS) is 32.6. The van der Waals surface area contributed by atoms with Crippen LogP contribution in [0.5, 0.6) is 5.75 Å². The third-order valence-corrected chi connectivity index (χ3v) is 12.6. The van der Waals surface area contributed by atoms with Crippen molar-refractivity contribution in [3.63, 3.8) is 0 Å². The molecule has 45 heavy (non-hydrogen) atoms. The van der Waals surface area contributed by atoms with E-state index in [-0.39, 0.29) is 23.4 Å². The second-order valence-corrected chi connectivity index (χ2v) is 16.0. The van der Waals surface area contributed by atoms with E-state index in [2.05, 4.69) is 9.62 Å². The summed E-state index contributed by atoms with van der Waals surface area (Å²) >= 11 is 6.35. The molecule has 2 fully saturated rings. The molecule has 1 aliphatic carbocycles. The number of hydrogen-bond acceptors (Lipinski definition) is 8. The molecule has 0 radical (unpaired) electrons. The van der Waals surface area contributed by atoms with Crippen molar-refractivity contribution in [3.05, 3.63) is 58.1 Å². The molecular weight excluding hydrogens is 614 g/mol. The molecule has 11 heteroatoms. The zero-order valence-corrected chi connectivity index (χ0v) is 27.9. The molecule has 2 aromatic carbocycles. The molecule has 3 aliphatic heterocycles. The van der Waals surface area contributed by atoms with Gasteiger partial charge in [0, 0.05) is 36.0 Å². The molecule has 6 rings (SSSR count). The zero-order chi connectivity index (χ0) is 31.8. The molecule has 0 aromatic heterocycles. The van der Waals surface area contributed by atoms with Crippen LogP contribution in [0.1, 0.15) is 80.3 Å². The molecule has 1 amide bonds. The summed E-state index contributed by atoms with van der Waals surface area (Å²) in [7, 11) is -3.92. The van der Waals surface area contributed by atoms with Crippen LogP contribution in [0.2, 0.25) is 5.02 Å². The van der Waals surface area contributed by atoms with Gasteiger partial charge in [-0.05, 0) is 105 Å². The number of aryl methyl sites for hydroxylation is 1. The third kappa shape index (κ3) is 7.00. The SMILES string of the molecule is C[C@@H]1[C@@H](C)CCCC2(OCC(N)CO2)[C@@H]2CC[C@H]2CN2CCCCc3cc(Cl)ccc3COc3ccc(cc32)C(=O)NS1(=O)=O. The number of ether oxygens (including phenoxy) is 3. The van der Waals surface area contributed by atoms with E-state index in [9.17, 15) is 13.2 Å². The highest BCUT2D eigenvalue weighted by Gasteiger charge is 2.51. The number of benzene rings is 2. The molecule has 9 nitrogen and oxygen atoms in total. The summed E-state index contributed by atoms with van der Waals surface area (Å²) in [6.45, 7) is 6.36. The maximum absolute atomic E-state index is 13.4. The monoisotopic (exact) mass is 659 g/mol. The van der Waals surface area contributed by atoms with E-state index in [1.807, 2.05) is 25.1 Å². The van der Waals surface area contributed by atoms with E-state index in [1.165, 1.54) is 5.56 Å². The number of carbonyl (C=O) groups excluding carboxylic acids is 1. The van der Waals surface area contributed by atoms with E-state index >= 15 is 0 Å². The molecule has 1 saturated carbocycles. The number of nitrogens with one attached hydrogen (secondary N) is 1. The molecule has 4 atom stereocenters. The van der Waals surface area contributed by atoms with Gasteiger partial charge in [-0.2, -0.15) is 0 Å². The number of halogens is 1. The summed E-state index contributed by atoms with van der Waals surface area (Å²) < 4.78 is 48.5. The summed E-state index contributed by atoms with van der Waals surface area (Å²) in [5.41, 5.74) is 9.52. The van der Waals surface area contributed by atoms with Crippen LogP contribution in [0.3, 0.4) is 0 Å². The minimum absolute atomic E-state index is 0.158. The zero-order valence-electron chi connectivity index (χ0n) is 26.3. The highest BCUT2D eigenvalue weighted by Crippen LogP contribution is 2.49. The van der Waals surface area contributed by atoms with Crippen molar-refractivity contribution in [1.82, 2.24) is 4.72 Å². The average Bonchev–Trinajstić information content (AvgIpc) is 3.02. The molecule has 3 heterocycles. The fraction of sp³-hybridized carbons (Fsp3) is 0.618. The lowest BCUT2D eigenvalue weighted by atomic mass is 9.67. The Labute approximate surface area is 272 Å². The standard InChI is InChI=1S/C34H46ClN3O6S/c1-22-6-5-14-34(43-20-29(36)21-44-34)30-12-9-26(30)18-38-15-4-3-7-24-16-28(35)11-8-27(24)19-42-32-13-10-25(17-31(32)38)33(39)37-45(40,41)23(22)2/h8,10-11,13,16-17,22-23,26,29-30H,3-7,9,12,14-15,18-21,36H2,1-2H3,(H,37,39)/t22-,23+,26-,29?,30+,34?/m0/s1. The number of rotatable bonds is 0. The Balaban J connectivity index is 1.39. The Morgan fingerprint density at radius 2 is 1.80 bits per heavy atom. The fourth-order valence-electron chi connectivity index (χ4n) is 7.35. The van der Waals surface area contributed by atoms with Crippen molar-refractivity contribution < 1.29 is 27.4 Å². The predicted molar refractivity (Wildman–Crippen MR) is 175 cm³/mol. The van der Waals surface area contributed by atoms with Crippen molar-refractivity contribution in [3.8, 4) is 5.75 Å². The van der Waals surface area contributed by atoms with Crippen LogP contribution >= 0.6 is 11.6 Å². The van der Waals surface area contributed by atoms with Gasteiger partial charge in [-0.1, -0.05) is 24.6 Å². The van der Waals surface area contributed by atoms with Gasteiger partial charge in [0.05, 0.1) is 30.2 Å². The fourth-order valence-corrected chi connectivity index (χ4v) is 8.86. The molecule has 2 bridgehead atoms. The van der Waals surface area contributed by atoms with Gasteiger partial charge in [-0.25, -0.2) is 13.1 Å². The summed E-state index contributed by atoms with van der Waals surface area (Å²) in [4.78, 5) is 15.8. The highest BCUT2D eigenvalue weighted by molar-refractivity contribution is 7.90. The van der Waals surface area contributed by atoms with Gasteiger partial charge in [0.1, 0.15) is 12.4 Å². The van der Waals surface area contributed by atoms with Crippen molar-refractivity contribution in [2.75, 3.05) is 31.2 Å². The first-order valence-electron chi connectivity index (χ1n) is 16.4. The third-order valence-electron chi connectivity index (χ3n) is 10.5. The lowest BCUT2D eigenvalue weighted by Gasteiger charge is -2.53. The topological polar surface area (TPSA) is 120 Å². The Bertz CT molecular complexity index is 1490. The van der Waals surface area contributed by atoms with Gasteiger partial charge in [-0.15, -0.1) is 0 Å². The number of carbonyl (C=O) groups is 1. The second-order valence-electron chi connectivity index (χ2n) is 13.5. The second kappa shape index (κ2) is 13.4. The van der Waals surface area contributed by atoms with Crippen LogP contribution in [0.15, 0.2) is 36.4 Å². The van der Waals surface area contributed by atoms with Crippen LogP contribution in [0.4, 0.5) is 5.69 Å². The molecule has 1 saturated heterocycles. The first-order chi connectivity index (χ1) is 21.5. The van der Waals surface area contributed by atoms with Crippen LogP contribution < -0.4 is 20.1 Å². The quantitative estimate of drug-likeness (QED) is 0.385. The number of hydrogen-bond donors (Lipinski definition) is 2. The lowest BCUT2D eigenvalue weighted by Crippen LogP contribution is -2.59. The summed E-state index contributed by atoms with van der Waals surface area (Å²) in [5, 5.41) is -0.0425. The summed E-state index contributed by atoms with van der Waals surface area (Å²) in [6.07, 6.45) is 6.93. The first-order valence-corrected chi connectivity index (χ1v) is 18.4. The Kier molecular flexibility index (Phi) is 9.69. The van der Waals surface area contributed by atoms with Gasteiger partial charge in [0.15, 0.2) is 5.79 Å². The van der Waals surface area contributed by atoms with Gasteiger partial charge in [-0.3, -0.25) is 4.79 Å². The Morgan fingerprint density at radius 3 is 2.56 bits per heavy atom. The first kappa shape index (κ1) is 32.6. The predicted octanol–water partition coefficient (Wildman–Crippen LogP) is 5.43. The molecule has 3 N–H and O–H groups in total. The summed E-state index contributed by atoms with van der Waals surface area (Å²) in [5.74, 6) is -0.369. The van der Waals surface area contributed by atoms with Crippen molar-refractivity contribution in [1.29, 1.82) is 0 Å². The van der Waals surface area contributed by atoms with E-state index in [1.54, 1.807) is 25.1 Å². The van der Waals surface area contributed by atoms with Crippen molar-refractivity contribution in [2.24, 2.45) is 23.5 Å². The van der Waals surface area contributed by atoms with Gasteiger partial charge in [0.2, 0.25) is 10.0 Å². The molecule has 4 aliphatic rings. The van der Waals surface area contributed by atoms with Crippen molar-refractivity contribution >= 4 is 33.2 Å². The largest absolute Gasteiger partial charge is 0.487 e. The lowest BCUT2D eigenvalue weighted by molar-refractivity contribution is -0.321. The number of amides is 1. The smallest absolute Gasteiger partial charge is 0.264 e. The van der Waals surface area contributed by atoms with Gasteiger partial charge >= 0.3 is 0 Å². The number of nitrogens with zero attached hydrogens (tertiary/aromatic N) is 1. The van der Waals surface area contributed by atoms with Crippen LogP contribution in [0, 0.1) is 17.8 Å². The highest BCUT2D eigenvalue weighted by atomic mass is 35.5. The molecule has 1 spiro atoms. The molecular formula is C34H46ClN3O6S. The average molecular weight is 660 g/mol. The molecule has 2 aromatic rings. The van der Waals surface area contributed by atoms with E-state index in [4.69, 9.17) is 31.5 Å². The number of sulfonamides is 1. The minimum atomic E-state index is -3.92. The Hall–Kier alpha value is -2.37. The van der Waals surface area contributed by atoms with Crippen LogP contribution in [-0.2, 0) is 32.5 Å². The minimum Gasteiger partial charge on any atom is -0.487 e. The molecule has 246 valence electrons. The van der Waals surface area contributed by atoms with E-state index < -0.39 is 27.0 Å². The van der Waals surface area contributed by atoms with E-state index in [0.717, 1.165) is 62.9 Å². The maximum atomic E-state index is 13.4. The number of fused-ring (bicyclic) bond motifs is 4. The molecule has 0 unspecified atom stereocenters. The van der Waals surface area contributed by atoms with Crippen LogP contribution in [0.25, 0.3) is 0 Å². The Morgan fingerprint density at radius 1 is 1.00 bits per heavy atom. The van der Waals surface area contributed by atoms with Gasteiger partial charge < -0.3 is 24.8 Å². The number of nitrogens with two attached hydrogens (primary N) is 1. The summed E-state index contributed by atoms with van der Waals surface area (Å²) in [6, 6.07) is 11.0.